The van der Waals surface area contributed by atoms with E-state index in [1.807, 2.05) is 0 Å². The van der Waals surface area contributed by atoms with Gasteiger partial charge in [-0.15, -0.1) is 0 Å². The van der Waals surface area contributed by atoms with E-state index in [0.717, 1.165) is 6.07 Å². The normalized spacial score (nSPS) is 13.5. The van der Waals surface area contributed by atoms with Crippen LogP contribution in [0.3, 0.4) is 0 Å². The van der Waals surface area contributed by atoms with Crippen molar-refractivity contribution in [3.8, 4) is 0 Å². The highest BCUT2D eigenvalue weighted by Crippen LogP contribution is 2.25. The standard InChI is InChI=1S/C9H12BrFN2O3S2/c1-17(14)3-2-13-18(15,16)8-5-6(12)4-7(10)9(8)11/h4-5,13H,2-3,12H2,1H3. The summed E-state index contributed by atoms with van der Waals surface area (Å²) in [6.07, 6.45) is 1.45. The van der Waals surface area contributed by atoms with Crippen molar-refractivity contribution in [1.29, 1.82) is 0 Å². The molecule has 0 fully saturated rings. The van der Waals surface area contributed by atoms with Gasteiger partial charge in [0.15, 0.2) is 5.82 Å². The molecule has 0 bridgehead atoms. The third-order valence-electron chi connectivity index (χ3n) is 1.99. The Morgan fingerprint density at radius 1 is 1.50 bits per heavy atom. The molecule has 0 aliphatic carbocycles. The van der Waals surface area contributed by atoms with Gasteiger partial charge in [-0.1, -0.05) is 0 Å². The van der Waals surface area contributed by atoms with Crippen LogP contribution in [-0.2, 0) is 20.8 Å². The maximum Gasteiger partial charge on any atom is 0.243 e. The Labute approximate surface area is 116 Å². The van der Waals surface area contributed by atoms with Crippen LogP contribution in [0.2, 0.25) is 0 Å². The van der Waals surface area contributed by atoms with Crippen LogP contribution >= 0.6 is 15.9 Å². The molecule has 0 saturated carbocycles. The van der Waals surface area contributed by atoms with E-state index in [0.29, 0.717) is 0 Å². The fourth-order valence-corrected chi connectivity index (χ4v) is 3.47. The number of nitrogen functional groups attached to an aromatic ring is 1. The molecule has 0 radical (unpaired) electrons. The topological polar surface area (TPSA) is 89.3 Å². The number of anilines is 1. The lowest BCUT2D eigenvalue weighted by atomic mass is 10.3. The molecule has 0 spiro atoms. The van der Waals surface area contributed by atoms with Crippen LogP contribution in [0.25, 0.3) is 0 Å². The van der Waals surface area contributed by atoms with Crippen molar-refractivity contribution >= 4 is 42.4 Å². The Morgan fingerprint density at radius 2 is 2.11 bits per heavy atom. The van der Waals surface area contributed by atoms with Crippen LogP contribution in [0.4, 0.5) is 10.1 Å². The summed E-state index contributed by atoms with van der Waals surface area (Å²) in [6, 6.07) is 2.31. The van der Waals surface area contributed by atoms with Gasteiger partial charge < -0.3 is 5.73 Å². The molecule has 1 aromatic carbocycles. The first-order valence-corrected chi connectivity index (χ1v) is 8.78. The SMILES string of the molecule is CS(=O)CCNS(=O)(=O)c1cc(N)cc(Br)c1F. The highest BCUT2D eigenvalue weighted by molar-refractivity contribution is 9.10. The Bertz CT molecular complexity index is 577. The molecule has 0 saturated heterocycles. The molecule has 1 rings (SSSR count). The third kappa shape index (κ3) is 4.01. The van der Waals surface area contributed by atoms with Crippen molar-refractivity contribution in [3.63, 3.8) is 0 Å². The van der Waals surface area contributed by atoms with Gasteiger partial charge in [0.05, 0.1) is 4.47 Å². The van der Waals surface area contributed by atoms with E-state index in [2.05, 4.69) is 20.7 Å². The number of nitrogens with two attached hydrogens (primary N) is 1. The molecule has 0 aromatic heterocycles. The summed E-state index contributed by atoms with van der Waals surface area (Å²) in [6.45, 7) is -0.0305. The molecule has 0 aliphatic rings. The third-order valence-corrected chi connectivity index (χ3v) is 4.80. The molecule has 18 heavy (non-hydrogen) atoms. The Hall–Kier alpha value is -0.510. The zero-order valence-corrected chi connectivity index (χ0v) is 12.7. The predicted octanol–water partition coefficient (Wildman–Crippen LogP) is 0.827. The average Bonchev–Trinajstić information content (AvgIpc) is 2.22. The minimum absolute atomic E-state index is 0.0260. The van der Waals surface area contributed by atoms with Gasteiger partial charge in [0, 0.05) is 35.0 Å². The van der Waals surface area contributed by atoms with Gasteiger partial charge in [-0.05, 0) is 28.1 Å². The van der Waals surface area contributed by atoms with E-state index < -0.39 is 31.5 Å². The molecule has 102 valence electrons. The second-order valence-electron chi connectivity index (χ2n) is 3.49. The van der Waals surface area contributed by atoms with Gasteiger partial charge >= 0.3 is 0 Å². The summed E-state index contributed by atoms with van der Waals surface area (Å²) in [5, 5.41) is 0. The minimum Gasteiger partial charge on any atom is -0.399 e. The van der Waals surface area contributed by atoms with E-state index in [4.69, 9.17) is 5.73 Å². The number of halogens is 2. The molecule has 9 heteroatoms. The number of nitrogens with one attached hydrogen (secondary N) is 1. The zero-order valence-electron chi connectivity index (χ0n) is 9.44. The van der Waals surface area contributed by atoms with E-state index in [1.165, 1.54) is 12.3 Å². The molecule has 1 aromatic rings. The van der Waals surface area contributed by atoms with Crippen LogP contribution in [0, 0.1) is 5.82 Å². The molecule has 5 nitrogen and oxygen atoms in total. The number of benzene rings is 1. The summed E-state index contributed by atoms with van der Waals surface area (Å²) < 4.78 is 50.3. The summed E-state index contributed by atoms with van der Waals surface area (Å²) >= 11 is 2.88. The van der Waals surface area contributed by atoms with Gasteiger partial charge in [0.25, 0.3) is 0 Å². The smallest absolute Gasteiger partial charge is 0.243 e. The lowest BCUT2D eigenvalue weighted by molar-refractivity contribution is 0.556. The minimum atomic E-state index is -4.00. The van der Waals surface area contributed by atoms with Crippen molar-refractivity contribution in [2.24, 2.45) is 0 Å². The lowest BCUT2D eigenvalue weighted by Crippen LogP contribution is -2.28. The van der Waals surface area contributed by atoms with Crippen molar-refractivity contribution in [2.75, 3.05) is 24.3 Å². The van der Waals surface area contributed by atoms with Crippen molar-refractivity contribution in [2.45, 2.75) is 4.90 Å². The molecule has 1 unspecified atom stereocenters. The molecular weight excluding hydrogens is 347 g/mol. The van der Waals surface area contributed by atoms with Crippen molar-refractivity contribution in [3.05, 3.63) is 22.4 Å². The highest BCUT2D eigenvalue weighted by Gasteiger charge is 2.21. The molecule has 0 amide bonds. The fraction of sp³-hybridized carbons (Fsp3) is 0.333. The maximum absolute atomic E-state index is 13.7. The number of hydrogen-bond acceptors (Lipinski definition) is 4. The highest BCUT2D eigenvalue weighted by atomic mass is 79.9. The zero-order chi connectivity index (χ0) is 13.9. The van der Waals surface area contributed by atoms with Crippen LogP contribution < -0.4 is 10.5 Å². The van der Waals surface area contributed by atoms with Gasteiger partial charge in [0.1, 0.15) is 4.90 Å². The maximum atomic E-state index is 13.7. The summed E-state index contributed by atoms with van der Waals surface area (Å²) in [7, 11) is -5.13. The molecular formula is C9H12BrFN2O3S2. The monoisotopic (exact) mass is 358 g/mol. The molecule has 0 heterocycles. The average molecular weight is 359 g/mol. The van der Waals surface area contributed by atoms with Gasteiger partial charge in [0.2, 0.25) is 10.0 Å². The number of hydrogen-bond donors (Lipinski definition) is 2. The predicted molar refractivity (Wildman–Crippen MR) is 72.6 cm³/mol. The van der Waals surface area contributed by atoms with Crippen LogP contribution in [0.5, 0.6) is 0 Å². The first-order chi connectivity index (χ1) is 8.24. The van der Waals surface area contributed by atoms with Crippen LogP contribution in [-0.4, -0.2) is 31.2 Å². The first kappa shape index (κ1) is 15.5. The van der Waals surface area contributed by atoms with E-state index >= 15 is 0 Å². The van der Waals surface area contributed by atoms with Gasteiger partial charge in [-0.3, -0.25) is 4.21 Å². The lowest BCUT2D eigenvalue weighted by Gasteiger charge is -2.09. The summed E-state index contributed by atoms with van der Waals surface area (Å²) in [5.41, 5.74) is 5.59. The Kier molecular flexibility index (Phi) is 5.26. The summed E-state index contributed by atoms with van der Waals surface area (Å²) in [4.78, 5) is -0.531. The quantitative estimate of drug-likeness (QED) is 0.762. The second-order valence-corrected chi connectivity index (χ2v) is 7.63. The van der Waals surface area contributed by atoms with Crippen LogP contribution in [0.1, 0.15) is 0 Å². The first-order valence-electron chi connectivity index (χ1n) is 4.78. The van der Waals surface area contributed by atoms with Crippen molar-refractivity contribution < 1.29 is 17.0 Å². The van der Waals surface area contributed by atoms with E-state index in [1.54, 1.807) is 0 Å². The molecule has 3 N–H and O–H groups in total. The fourth-order valence-electron chi connectivity index (χ4n) is 1.18. The van der Waals surface area contributed by atoms with E-state index in [9.17, 15) is 17.0 Å². The van der Waals surface area contributed by atoms with Gasteiger partial charge in [-0.25, -0.2) is 17.5 Å². The number of sulfonamides is 1. The van der Waals surface area contributed by atoms with Gasteiger partial charge in [-0.2, -0.15) is 0 Å². The second kappa shape index (κ2) is 6.09. The Morgan fingerprint density at radius 3 is 2.67 bits per heavy atom. The number of rotatable bonds is 5. The van der Waals surface area contributed by atoms with Crippen LogP contribution in [0.15, 0.2) is 21.5 Å². The molecule has 0 aliphatic heterocycles. The largest absolute Gasteiger partial charge is 0.399 e. The Balaban J connectivity index is 3.02. The van der Waals surface area contributed by atoms with Crippen molar-refractivity contribution in [1.82, 2.24) is 4.72 Å². The van der Waals surface area contributed by atoms with E-state index in [-0.39, 0.29) is 22.5 Å². The molecule has 1 atom stereocenters. The summed E-state index contributed by atoms with van der Waals surface area (Å²) in [5.74, 6) is -0.751.